The molecule has 10 rings (SSSR count). The molecule has 91 heavy (non-hydrogen) atoms. The smallest absolute Gasteiger partial charge is 0.412 e. The van der Waals surface area contributed by atoms with Crippen molar-refractivity contribution < 1.29 is 48.0 Å². The number of carbonyl (C=O) groups excluding carboxylic acids is 3. The number of nitrogens with two attached hydrogens (primary N) is 2. The van der Waals surface area contributed by atoms with E-state index in [0.29, 0.717) is 30.2 Å². The van der Waals surface area contributed by atoms with E-state index in [1.807, 2.05) is 6.20 Å². The number of amides is 1. The second-order valence-corrected chi connectivity index (χ2v) is 26.1. The summed E-state index contributed by atoms with van der Waals surface area (Å²) in [7, 11) is 2.50. The molecule has 22 heteroatoms. The van der Waals surface area contributed by atoms with Crippen LogP contribution in [0.25, 0.3) is 0 Å². The van der Waals surface area contributed by atoms with Crippen LogP contribution < -0.4 is 44.6 Å². The van der Waals surface area contributed by atoms with Crippen molar-refractivity contribution in [3.63, 3.8) is 0 Å². The third-order valence-corrected chi connectivity index (χ3v) is 17.2. The number of anilines is 2. The van der Waals surface area contributed by atoms with Crippen molar-refractivity contribution in [3.8, 4) is 0 Å². The first-order valence-corrected chi connectivity index (χ1v) is 32.2. The highest BCUT2D eigenvalue weighted by atomic mass is 16.6. The maximum Gasteiger partial charge on any atom is 0.412 e. The molecule has 5 fully saturated rings. The SMILES string of the molecule is COC(=O)c1cccn([C@H]2CCC[C@H](C)C2)c1=O.COC(=O)c1cccoc1=O.C[C@H]1CCC[C@H](N)C1.C[C@H]1CCC[C@H](n2cccc(C(=O)O)c2=O)C1.C[C@H]1CCC[C@H](n2cccc(NC(=O)OC(C)(C)C)c2=O)C1.Nc1cccn([C@H]2CCC[C@H](O)C2)c1=O. The molecule has 7 N–H and O–H groups in total. The number of aromatic nitrogens is 4. The topological polar surface area (TPSA) is 319 Å². The molecule has 5 aliphatic rings. The van der Waals surface area contributed by atoms with Gasteiger partial charge in [-0.25, -0.2) is 24.0 Å². The highest BCUT2D eigenvalue weighted by Gasteiger charge is 2.27. The molecular formula is C69H99N7O15. The number of aromatic carboxylic acids is 1. The summed E-state index contributed by atoms with van der Waals surface area (Å²) in [5, 5.41) is 21.0. The average Bonchev–Trinajstić information content (AvgIpc) is 1.27. The van der Waals surface area contributed by atoms with Crippen molar-refractivity contribution in [2.75, 3.05) is 25.3 Å². The maximum atomic E-state index is 12.6. The molecule has 1 amide bonds. The van der Waals surface area contributed by atoms with Gasteiger partial charge in [0, 0.05) is 55.0 Å². The van der Waals surface area contributed by atoms with E-state index in [2.05, 4.69) is 46.9 Å². The Morgan fingerprint density at radius 2 is 0.934 bits per heavy atom. The molecule has 500 valence electrons. The molecule has 0 saturated heterocycles. The average molecular weight is 1270 g/mol. The second-order valence-electron chi connectivity index (χ2n) is 26.1. The number of carboxylic acid groups (broad SMARTS) is 1. The molecule has 5 aromatic heterocycles. The maximum absolute atomic E-state index is 12.6. The van der Waals surface area contributed by atoms with Crippen LogP contribution in [0.2, 0.25) is 0 Å². The van der Waals surface area contributed by atoms with E-state index in [1.54, 1.807) is 94.0 Å². The van der Waals surface area contributed by atoms with Gasteiger partial charge in [-0.2, -0.15) is 0 Å². The molecule has 5 heterocycles. The number of ether oxygens (including phenoxy) is 3. The van der Waals surface area contributed by atoms with Gasteiger partial charge >= 0.3 is 29.6 Å². The standard InChI is InChI=1S/C17H26N2O3.C14H19NO3.C13H17NO3.C11H16N2O2.C7H15N.C7H6O4/c1-12-7-5-8-13(11-12)19-10-6-9-14(15(19)20)18-16(21)22-17(2,3)4;1-10-5-3-6-11(9-10)15-8-4-7-12(13(15)16)14(17)18-2;1-9-4-2-5-10(8-9)14-7-3-6-11(12(14)15)13(16)17;12-10-5-2-6-13(11(10)15)8-3-1-4-9(14)7-8;1-6-3-2-4-7(8)5-6;1-10-6(8)5-3-2-4-11-7(5)9/h6,9-10,12-13H,5,7-8,11H2,1-4H3,(H,18,21);4,7-8,10-11H,3,5-6,9H2,1-2H3;3,6-7,9-10H,2,4-5,8H2,1H3,(H,16,17);2,5-6,8-9,14H,1,3-4,7,12H2;6-7H,2-5,8H2,1H3;2-4H,1H3/t12-,13-;10-,11-;9-,10-;8-,9-;6-,7-;/m00000./s1. The van der Waals surface area contributed by atoms with Gasteiger partial charge in [0.1, 0.15) is 28.0 Å². The van der Waals surface area contributed by atoms with Crippen LogP contribution in [-0.4, -0.2) is 84.4 Å². The van der Waals surface area contributed by atoms with E-state index in [1.165, 1.54) is 89.7 Å². The summed E-state index contributed by atoms with van der Waals surface area (Å²) in [4.78, 5) is 104. The van der Waals surface area contributed by atoms with Gasteiger partial charge in [0.25, 0.3) is 22.2 Å². The Morgan fingerprint density at radius 3 is 1.37 bits per heavy atom. The third kappa shape index (κ3) is 23.4. The fourth-order valence-electron chi connectivity index (χ4n) is 12.6. The van der Waals surface area contributed by atoms with Crippen LogP contribution in [0.5, 0.6) is 0 Å². The lowest BCUT2D eigenvalue weighted by molar-refractivity contribution is 0.0587. The first kappa shape index (κ1) is 73.9. The number of esters is 2. The molecule has 0 spiro atoms. The summed E-state index contributed by atoms with van der Waals surface area (Å²) >= 11 is 0. The van der Waals surface area contributed by atoms with E-state index >= 15 is 0 Å². The molecule has 5 saturated carbocycles. The second kappa shape index (κ2) is 36.3. The number of aliphatic hydroxyl groups is 1. The molecule has 10 atom stereocenters. The third-order valence-electron chi connectivity index (χ3n) is 17.2. The molecule has 5 aliphatic carbocycles. The first-order valence-electron chi connectivity index (χ1n) is 32.2. The normalized spacial score (nSPS) is 23.6. The number of hydrogen-bond donors (Lipinski definition) is 5. The van der Waals surface area contributed by atoms with Crippen LogP contribution in [0.1, 0.15) is 232 Å². The van der Waals surface area contributed by atoms with Crippen LogP contribution in [0, 0.1) is 23.7 Å². The molecule has 0 bridgehead atoms. The number of carbonyl (C=O) groups is 4. The highest BCUT2D eigenvalue weighted by molar-refractivity contribution is 5.89. The first-order chi connectivity index (χ1) is 43.2. The lowest BCUT2D eigenvalue weighted by atomic mass is 9.87. The van der Waals surface area contributed by atoms with Crippen LogP contribution in [0.4, 0.5) is 16.2 Å². The molecule has 0 aliphatic heterocycles. The van der Waals surface area contributed by atoms with Crippen molar-refractivity contribution in [2.45, 2.75) is 219 Å². The number of aliphatic hydroxyl groups excluding tert-OH is 1. The zero-order chi connectivity index (χ0) is 67.0. The number of rotatable bonds is 8. The van der Waals surface area contributed by atoms with Gasteiger partial charge in [-0.3, -0.25) is 24.5 Å². The Bertz CT molecular complexity index is 3440. The number of nitrogens with zero attached hydrogens (tertiary/aromatic N) is 4. The minimum absolute atomic E-state index is 0.0880. The van der Waals surface area contributed by atoms with Crippen molar-refractivity contribution >= 4 is 35.4 Å². The van der Waals surface area contributed by atoms with Crippen LogP contribution >= 0.6 is 0 Å². The van der Waals surface area contributed by atoms with Crippen LogP contribution in [0.3, 0.4) is 0 Å². The molecular weight excluding hydrogens is 1170 g/mol. The van der Waals surface area contributed by atoms with Crippen molar-refractivity contribution in [1.29, 1.82) is 0 Å². The lowest BCUT2D eigenvalue weighted by Gasteiger charge is -2.28. The summed E-state index contributed by atoms with van der Waals surface area (Å²) in [5.41, 5.74) is 9.56. The summed E-state index contributed by atoms with van der Waals surface area (Å²) in [6.07, 6.45) is 29.0. The van der Waals surface area contributed by atoms with Gasteiger partial charge < -0.3 is 58.6 Å². The Labute approximate surface area is 533 Å². The summed E-state index contributed by atoms with van der Waals surface area (Å²) < 4.78 is 25.3. The minimum Gasteiger partial charge on any atom is -0.477 e. The van der Waals surface area contributed by atoms with Gasteiger partial charge in [0.2, 0.25) is 0 Å². The van der Waals surface area contributed by atoms with Crippen molar-refractivity contribution in [3.05, 3.63) is 160 Å². The minimum atomic E-state index is -1.15. The van der Waals surface area contributed by atoms with Crippen molar-refractivity contribution in [2.24, 2.45) is 29.4 Å². The van der Waals surface area contributed by atoms with Crippen LogP contribution in [0.15, 0.2) is 120 Å². The van der Waals surface area contributed by atoms with Gasteiger partial charge in [0.15, 0.2) is 0 Å². The van der Waals surface area contributed by atoms with Gasteiger partial charge in [0.05, 0.1) is 32.3 Å². The predicted octanol–water partition coefficient (Wildman–Crippen LogP) is 11.5. The quantitative estimate of drug-likeness (QED) is 0.0712. The number of methoxy groups -OCH3 is 2. The monoisotopic (exact) mass is 1270 g/mol. The Morgan fingerprint density at radius 1 is 0.527 bits per heavy atom. The summed E-state index contributed by atoms with van der Waals surface area (Å²) in [5.74, 6) is 0.379. The zero-order valence-electron chi connectivity index (χ0n) is 54.7. The Hall–Kier alpha value is -7.85. The van der Waals surface area contributed by atoms with E-state index in [0.717, 1.165) is 83.0 Å². The largest absolute Gasteiger partial charge is 0.477 e. The van der Waals surface area contributed by atoms with Crippen LogP contribution in [-0.2, 0) is 14.2 Å². The predicted molar refractivity (Wildman–Crippen MR) is 351 cm³/mol. The van der Waals surface area contributed by atoms with E-state index in [4.69, 9.17) is 21.3 Å². The fraction of sp³-hybridized carbons (Fsp3) is 0.580. The van der Waals surface area contributed by atoms with Crippen molar-refractivity contribution in [1.82, 2.24) is 18.3 Å². The highest BCUT2D eigenvalue weighted by Crippen LogP contribution is 2.34. The fourth-order valence-corrected chi connectivity index (χ4v) is 12.6. The van der Waals surface area contributed by atoms with E-state index in [9.17, 15) is 48.3 Å². The lowest BCUT2D eigenvalue weighted by Crippen LogP contribution is -2.32. The zero-order valence-corrected chi connectivity index (χ0v) is 54.7. The van der Waals surface area contributed by atoms with E-state index in [-0.39, 0.29) is 80.6 Å². The molecule has 5 aromatic rings. The number of pyridine rings is 4. The molecule has 0 aromatic carbocycles. The molecule has 0 unspecified atom stereocenters. The summed E-state index contributed by atoms with van der Waals surface area (Å²) in [6, 6.07) is 17.1. The molecule has 22 nitrogen and oxygen atoms in total. The van der Waals surface area contributed by atoms with E-state index < -0.39 is 35.2 Å². The van der Waals surface area contributed by atoms with Gasteiger partial charge in [-0.05, 0) is 182 Å². The number of nitrogens with one attached hydrogen (secondary N) is 1. The van der Waals surface area contributed by atoms with Gasteiger partial charge in [-0.1, -0.05) is 79.1 Å². The number of hydrogen-bond acceptors (Lipinski definition) is 16. The number of carboxylic acids is 1. The summed E-state index contributed by atoms with van der Waals surface area (Å²) in [6.45, 7) is 14.3. The number of nitrogen functional groups attached to an aromatic ring is 1. The Kier molecular flexibility index (Phi) is 29.4. The van der Waals surface area contributed by atoms with Gasteiger partial charge in [-0.15, -0.1) is 0 Å². The Balaban J connectivity index is 0.000000203. The molecule has 0 radical (unpaired) electrons.